The molecule has 1 unspecified atom stereocenters. The van der Waals surface area contributed by atoms with Crippen molar-refractivity contribution in [3.05, 3.63) is 54.1 Å². The predicted molar refractivity (Wildman–Crippen MR) is 78.0 cm³/mol. The molecule has 2 aromatic rings. The van der Waals surface area contributed by atoms with Gasteiger partial charge >= 0.3 is 0 Å². The first-order valence-corrected chi connectivity index (χ1v) is 6.28. The summed E-state index contributed by atoms with van der Waals surface area (Å²) in [7, 11) is 3.33. The molecule has 1 N–H and O–H groups in total. The topological polar surface area (TPSA) is 30.5 Å². The van der Waals surface area contributed by atoms with E-state index >= 15 is 0 Å². The fourth-order valence-electron chi connectivity index (χ4n) is 2.04. The molecule has 3 nitrogen and oxygen atoms in total. The van der Waals surface area contributed by atoms with Crippen LogP contribution in [0.15, 0.2) is 48.5 Å². The van der Waals surface area contributed by atoms with Gasteiger partial charge in [-0.05, 0) is 31.2 Å². The number of hydrogen-bond acceptors (Lipinski definition) is 3. The van der Waals surface area contributed by atoms with Crippen LogP contribution in [0.4, 0.5) is 5.69 Å². The minimum absolute atomic E-state index is 0.156. The standard InChI is InChI=1S/C16H19NO2/c1-12(17-13-7-5-4-6-8-13)15-10-9-14(18-2)11-16(15)19-3/h4-12,17H,1-3H3. The number of nitrogens with one attached hydrogen (secondary N) is 1. The fraction of sp³-hybridized carbons (Fsp3) is 0.250. The lowest BCUT2D eigenvalue weighted by molar-refractivity contribution is 0.390. The summed E-state index contributed by atoms with van der Waals surface area (Å²) in [5.74, 6) is 1.63. The summed E-state index contributed by atoms with van der Waals surface area (Å²) in [5, 5.41) is 3.45. The van der Waals surface area contributed by atoms with Gasteiger partial charge in [-0.2, -0.15) is 0 Å². The first kappa shape index (κ1) is 13.3. The molecule has 1 atom stereocenters. The zero-order valence-corrected chi connectivity index (χ0v) is 11.5. The molecular weight excluding hydrogens is 238 g/mol. The van der Waals surface area contributed by atoms with Crippen molar-refractivity contribution in [1.29, 1.82) is 0 Å². The lowest BCUT2D eigenvalue weighted by Crippen LogP contribution is -2.08. The zero-order chi connectivity index (χ0) is 13.7. The summed E-state index contributed by atoms with van der Waals surface area (Å²) >= 11 is 0. The van der Waals surface area contributed by atoms with E-state index in [0.29, 0.717) is 0 Å². The van der Waals surface area contributed by atoms with Gasteiger partial charge in [0.1, 0.15) is 11.5 Å². The summed E-state index contributed by atoms with van der Waals surface area (Å²) < 4.78 is 10.6. The SMILES string of the molecule is COc1ccc(C(C)Nc2ccccc2)c(OC)c1. The van der Waals surface area contributed by atoms with Gasteiger partial charge in [-0.15, -0.1) is 0 Å². The number of methoxy groups -OCH3 is 2. The maximum atomic E-state index is 5.43. The van der Waals surface area contributed by atoms with Gasteiger partial charge in [-0.1, -0.05) is 18.2 Å². The molecule has 2 aromatic carbocycles. The lowest BCUT2D eigenvalue weighted by atomic mass is 10.1. The van der Waals surface area contributed by atoms with Gasteiger partial charge in [0.15, 0.2) is 0 Å². The fourth-order valence-corrected chi connectivity index (χ4v) is 2.04. The van der Waals surface area contributed by atoms with E-state index in [4.69, 9.17) is 9.47 Å². The summed E-state index contributed by atoms with van der Waals surface area (Å²) in [6.45, 7) is 2.11. The summed E-state index contributed by atoms with van der Waals surface area (Å²) in [4.78, 5) is 0. The second-order valence-corrected chi connectivity index (χ2v) is 4.34. The number of hydrogen-bond donors (Lipinski definition) is 1. The van der Waals surface area contributed by atoms with E-state index in [1.807, 2.05) is 48.5 Å². The first-order chi connectivity index (χ1) is 9.24. The average molecular weight is 257 g/mol. The number of rotatable bonds is 5. The van der Waals surface area contributed by atoms with Gasteiger partial charge in [0, 0.05) is 17.3 Å². The van der Waals surface area contributed by atoms with E-state index in [1.165, 1.54) is 0 Å². The van der Waals surface area contributed by atoms with Crippen LogP contribution in [0.1, 0.15) is 18.5 Å². The third kappa shape index (κ3) is 3.19. The highest BCUT2D eigenvalue weighted by molar-refractivity contribution is 5.49. The second kappa shape index (κ2) is 6.14. The molecule has 0 aromatic heterocycles. The highest BCUT2D eigenvalue weighted by Crippen LogP contribution is 2.31. The molecule has 0 bridgehead atoms. The van der Waals surface area contributed by atoms with Gasteiger partial charge in [0.05, 0.1) is 20.3 Å². The molecule has 0 aliphatic carbocycles. The number of benzene rings is 2. The molecule has 0 radical (unpaired) electrons. The molecule has 0 saturated carbocycles. The van der Waals surface area contributed by atoms with Gasteiger partial charge in [-0.25, -0.2) is 0 Å². The van der Waals surface area contributed by atoms with Crippen molar-refractivity contribution < 1.29 is 9.47 Å². The maximum Gasteiger partial charge on any atom is 0.127 e. The molecule has 0 fully saturated rings. The molecule has 0 spiro atoms. The molecule has 0 aliphatic heterocycles. The van der Waals surface area contributed by atoms with E-state index in [9.17, 15) is 0 Å². The van der Waals surface area contributed by atoms with Crippen molar-refractivity contribution in [2.75, 3.05) is 19.5 Å². The Morgan fingerprint density at radius 1 is 0.947 bits per heavy atom. The molecule has 3 heteroatoms. The van der Waals surface area contributed by atoms with E-state index in [0.717, 1.165) is 22.7 Å². The van der Waals surface area contributed by atoms with Gasteiger partial charge < -0.3 is 14.8 Å². The van der Waals surface area contributed by atoms with Crippen molar-refractivity contribution in [3.63, 3.8) is 0 Å². The van der Waals surface area contributed by atoms with E-state index < -0.39 is 0 Å². The Kier molecular flexibility index (Phi) is 4.29. The smallest absolute Gasteiger partial charge is 0.127 e. The van der Waals surface area contributed by atoms with Crippen molar-refractivity contribution >= 4 is 5.69 Å². The molecular formula is C16H19NO2. The van der Waals surface area contributed by atoms with Crippen LogP contribution in [-0.4, -0.2) is 14.2 Å². The van der Waals surface area contributed by atoms with Gasteiger partial charge in [-0.3, -0.25) is 0 Å². The first-order valence-electron chi connectivity index (χ1n) is 6.28. The maximum absolute atomic E-state index is 5.43. The van der Waals surface area contributed by atoms with Crippen LogP contribution in [0.2, 0.25) is 0 Å². The number of para-hydroxylation sites is 1. The van der Waals surface area contributed by atoms with Crippen LogP contribution in [0, 0.1) is 0 Å². The highest BCUT2D eigenvalue weighted by atomic mass is 16.5. The van der Waals surface area contributed by atoms with Crippen LogP contribution >= 0.6 is 0 Å². The predicted octanol–water partition coefficient (Wildman–Crippen LogP) is 3.88. The summed E-state index contributed by atoms with van der Waals surface area (Å²) in [6.07, 6.45) is 0. The molecule has 0 aliphatic rings. The van der Waals surface area contributed by atoms with Crippen LogP contribution in [0.5, 0.6) is 11.5 Å². The summed E-state index contributed by atoms with van der Waals surface area (Å²) in [6, 6.07) is 16.2. The normalized spacial score (nSPS) is 11.7. The Morgan fingerprint density at radius 2 is 1.68 bits per heavy atom. The average Bonchev–Trinajstić information content (AvgIpc) is 2.47. The molecule has 0 amide bonds. The highest BCUT2D eigenvalue weighted by Gasteiger charge is 2.12. The Balaban J connectivity index is 2.21. The third-order valence-electron chi connectivity index (χ3n) is 3.06. The summed E-state index contributed by atoms with van der Waals surface area (Å²) in [5.41, 5.74) is 2.19. The monoisotopic (exact) mass is 257 g/mol. The molecule has 2 rings (SSSR count). The number of anilines is 1. The Morgan fingerprint density at radius 3 is 2.32 bits per heavy atom. The molecule has 0 heterocycles. The van der Waals surface area contributed by atoms with Crippen LogP contribution in [0.25, 0.3) is 0 Å². The largest absolute Gasteiger partial charge is 0.497 e. The molecule has 0 saturated heterocycles. The molecule has 19 heavy (non-hydrogen) atoms. The lowest BCUT2D eigenvalue weighted by Gasteiger charge is -2.19. The Labute approximate surface area is 114 Å². The van der Waals surface area contributed by atoms with E-state index in [1.54, 1.807) is 14.2 Å². The molecule has 100 valence electrons. The van der Waals surface area contributed by atoms with Gasteiger partial charge in [0.25, 0.3) is 0 Å². The van der Waals surface area contributed by atoms with Crippen molar-refractivity contribution in [2.24, 2.45) is 0 Å². The second-order valence-electron chi connectivity index (χ2n) is 4.34. The third-order valence-corrected chi connectivity index (χ3v) is 3.06. The minimum Gasteiger partial charge on any atom is -0.497 e. The van der Waals surface area contributed by atoms with Crippen molar-refractivity contribution in [1.82, 2.24) is 0 Å². The zero-order valence-electron chi connectivity index (χ0n) is 11.5. The van der Waals surface area contributed by atoms with E-state index in [2.05, 4.69) is 12.2 Å². The number of ether oxygens (including phenoxy) is 2. The Hall–Kier alpha value is -2.16. The Bertz CT molecular complexity index is 526. The van der Waals surface area contributed by atoms with Crippen molar-refractivity contribution in [3.8, 4) is 11.5 Å². The van der Waals surface area contributed by atoms with Crippen molar-refractivity contribution in [2.45, 2.75) is 13.0 Å². The quantitative estimate of drug-likeness (QED) is 0.881. The van der Waals surface area contributed by atoms with Gasteiger partial charge in [0.2, 0.25) is 0 Å². The van der Waals surface area contributed by atoms with Crippen LogP contribution in [0.3, 0.4) is 0 Å². The minimum atomic E-state index is 0.156. The van der Waals surface area contributed by atoms with E-state index in [-0.39, 0.29) is 6.04 Å². The van der Waals surface area contributed by atoms with Crippen LogP contribution in [-0.2, 0) is 0 Å². The van der Waals surface area contributed by atoms with Crippen LogP contribution < -0.4 is 14.8 Å².